The van der Waals surface area contributed by atoms with Gasteiger partial charge < -0.3 is 14.7 Å². The minimum atomic E-state index is 0.0124. The van der Waals surface area contributed by atoms with Gasteiger partial charge in [-0.25, -0.2) is 0 Å². The van der Waals surface area contributed by atoms with Crippen LogP contribution in [-0.4, -0.2) is 60.5 Å². The quantitative estimate of drug-likeness (QED) is 0.831. The predicted molar refractivity (Wildman–Crippen MR) is 72.5 cm³/mol. The molecule has 100 valence electrons. The van der Waals surface area contributed by atoms with Gasteiger partial charge in [-0.3, -0.25) is 0 Å². The van der Waals surface area contributed by atoms with Gasteiger partial charge in [-0.15, -0.1) is 0 Å². The van der Waals surface area contributed by atoms with E-state index in [-0.39, 0.29) is 12.0 Å². The van der Waals surface area contributed by atoms with Crippen LogP contribution in [0.1, 0.15) is 26.2 Å². The third kappa shape index (κ3) is 3.60. The number of hydrogen-bond acceptors (Lipinski definition) is 4. The van der Waals surface area contributed by atoms with Crippen LogP contribution in [0.2, 0.25) is 0 Å². The normalized spacial score (nSPS) is 36.0. The standard InChI is InChI=1S/C13H25NO2S/c1-2-12-8-14(5-7-17-12)9-13(10-15)4-3-6-16-11-13/h12,15H,2-11H2,1H3. The van der Waals surface area contributed by atoms with Gasteiger partial charge in [0.05, 0.1) is 13.2 Å². The third-order valence-corrected chi connectivity index (χ3v) is 5.35. The summed E-state index contributed by atoms with van der Waals surface area (Å²) in [5.41, 5.74) is 0.0124. The molecular weight excluding hydrogens is 234 g/mol. The third-order valence-electron chi connectivity index (χ3n) is 3.98. The number of ether oxygens (including phenoxy) is 1. The van der Waals surface area contributed by atoms with Crippen LogP contribution in [0.5, 0.6) is 0 Å². The molecule has 3 nitrogen and oxygen atoms in total. The SMILES string of the molecule is CCC1CN(CC2(CO)CCCOC2)CCS1. The highest BCUT2D eigenvalue weighted by Crippen LogP contribution is 2.31. The van der Waals surface area contributed by atoms with Crippen LogP contribution in [-0.2, 0) is 4.74 Å². The lowest BCUT2D eigenvalue weighted by atomic mass is 9.82. The molecule has 2 atom stereocenters. The lowest BCUT2D eigenvalue weighted by Gasteiger charge is -2.42. The summed E-state index contributed by atoms with van der Waals surface area (Å²) < 4.78 is 5.58. The number of rotatable bonds is 4. The van der Waals surface area contributed by atoms with Gasteiger partial charge in [0.25, 0.3) is 0 Å². The Morgan fingerprint density at radius 2 is 2.41 bits per heavy atom. The lowest BCUT2D eigenvalue weighted by molar-refractivity contribution is -0.0549. The predicted octanol–water partition coefficient (Wildman–Crippen LogP) is 1.60. The van der Waals surface area contributed by atoms with Crippen molar-refractivity contribution in [3.63, 3.8) is 0 Å². The van der Waals surface area contributed by atoms with Crippen molar-refractivity contribution >= 4 is 11.8 Å². The summed E-state index contributed by atoms with van der Waals surface area (Å²) in [6.07, 6.45) is 3.47. The zero-order valence-corrected chi connectivity index (χ0v) is 11.7. The van der Waals surface area contributed by atoms with Gasteiger partial charge >= 0.3 is 0 Å². The molecule has 0 radical (unpaired) electrons. The van der Waals surface area contributed by atoms with Crippen molar-refractivity contribution in [3.05, 3.63) is 0 Å². The first-order chi connectivity index (χ1) is 8.28. The van der Waals surface area contributed by atoms with Crippen LogP contribution in [0.4, 0.5) is 0 Å². The van der Waals surface area contributed by atoms with Crippen molar-refractivity contribution in [1.82, 2.24) is 4.90 Å². The van der Waals surface area contributed by atoms with E-state index >= 15 is 0 Å². The molecule has 2 rings (SSSR count). The highest BCUT2D eigenvalue weighted by Gasteiger charge is 2.35. The van der Waals surface area contributed by atoms with Gasteiger partial charge in [-0.1, -0.05) is 6.92 Å². The number of aliphatic hydroxyl groups is 1. The molecule has 0 amide bonds. The van der Waals surface area contributed by atoms with Crippen LogP contribution in [0.3, 0.4) is 0 Å². The zero-order valence-electron chi connectivity index (χ0n) is 10.9. The molecule has 0 aromatic carbocycles. The maximum Gasteiger partial charge on any atom is 0.0556 e. The average Bonchev–Trinajstić information content (AvgIpc) is 2.40. The van der Waals surface area contributed by atoms with Crippen molar-refractivity contribution in [3.8, 4) is 0 Å². The maximum absolute atomic E-state index is 9.68. The smallest absolute Gasteiger partial charge is 0.0556 e. The maximum atomic E-state index is 9.68. The molecule has 1 N–H and O–H groups in total. The van der Waals surface area contributed by atoms with E-state index in [1.54, 1.807) is 0 Å². The average molecular weight is 259 g/mol. The van der Waals surface area contributed by atoms with E-state index < -0.39 is 0 Å². The van der Waals surface area contributed by atoms with E-state index in [1.165, 1.54) is 25.3 Å². The summed E-state index contributed by atoms with van der Waals surface area (Å²) in [4.78, 5) is 2.54. The molecule has 0 aliphatic carbocycles. The Balaban J connectivity index is 1.88. The highest BCUT2D eigenvalue weighted by atomic mass is 32.2. The second kappa shape index (κ2) is 6.41. The molecule has 2 heterocycles. The van der Waals surface area contributed by atoms with E-state index in [4.69, 9.17) is 4.74 Å². The number of hydrogen-bond donors (Lipinski definition) is 1. The second-order valence-electron chi connectivity index (χ2n) is 5.45. The zero-order chi connectivity index (χ0) is 12.1. The Hall–Kier alpha value is 0.230. The fraction of sp³-hybridized carbons (Fsp3) is 1.00. The second-order valence-corrected chi connectivity index (χ2v) is 6.86. The fourth-order valence-electron chi connectivity index (χ4n) is 2.85. The van der Waals surface area contributed by atoms with E-state index in [2.05, 4.69) is 23.6 Å². The molecule has 17 heavy (non-hydrogen) atoms. The van der Waals surface area contributed by atoms with Gasteiger partial charge in [0.15, 0.2) is 0 Å². The van der Waals surface area contributed by atoms with Crippen LogP contribution < -0.4 is 0 Å². The molecule has 2 aliphatic rings. The van der Waals surface area contributed by atoms with Crippen LogP contribution in [0, 0.1) is 5.41 Å². The Morgan fingerprint density at radius 1 is 1.53 bits per heavy atom. The van der Waals surface area contributed by atoms with Gasteiger partial charge in [-0.05, 0) is 19.3 Å². The minimum Gasteiger partial charge on any atom is -0.396 e. The molecule has 0 aromatic rings. The highest BCUT2D eigenvalue weighted by molar-refractivity contribution is 8.00. The topological polar surface area (TPSA) is 32.7 Å². The summed E-state index contributed by atoms with van der Waals surface area (Å²) in [6.45, 7) is 7.52. The van der Waals surface area contributed by atoms with Crippen molar-refractivity contribution in [1.29, 1.82) is 0 Å². The Bertz CT molecular complexity index is 231. The summed E-state index contributed by atoms with van der Waals surface area (Å²) in [5, 5.41) is 10.5. The summed E-state index contributed by atoms with van der Waals surface area (Å²) in [5.74, 6) is 1.24. The molecule has 2 aliphatic heterocycles. The van der Waals surface area contributed by atoms with Crippen molar-refractivity contribution in [2.24, 2.45) is 5.41 Å². The molecule has 0 bridgehead atoms. The molecule has 4 heteroatoms. The molecule has 2 unspecified atom stereocenters. The minimum absolute atomic E-state index is 0.0124. The first kappa shape index (κ1) is 13.7. The number of thioether (sulfide) groups is 1. The summed E-state index contributed by atoms with van der Waals surface area (Å²) in [6, 6.07) is 0. The van der Waals surface area contributed by atoms with E-state index in [0.29, 0.717) is 0 Å². The molecule has 0 aromatic heterocycles. The van der Waals surface area contributed by atoms with Gasteiger partial charge in [0.2, 0.25) is 0 Å². The molecule has 0 saturated carbocycles. The Kier molecular flexibility index (Phi) is 5.15. The van der Waals surface area contributed by atoms with Crippen molar-refractivity contribution in [2.75, 3.05) is 45.2 Å². The van der Waals surface area contributed by atoms with Gasteiger partial charge in [0.1, 0.15) is 0 Å². The van der Waals surface area contributed by atoms with Crippen LogP contribution in [0.15, 0.2) is 0 Å². The lowest BCUT2D eigenvalue weighted by Crippen LogP contribution is -2.49. The van der Waals surface area contributed by atoms with Crippen molar-refractivity contribution in [2.45, 2.75) is 31.4 Å². The van der Waals surface area contributed by atoms with E-state index in [9.17, 15) is 5.11 Å². The first-order valence-electron chi connectivity index (χ1n) is 6.80. The number of aliphatic hydroxyl groups excluding tert-OH is 1. The monoisotopic (exact) mass is 259 g/mol. The largest absolute Gasteiger partial charge is 0.396 e. The summed E-state index contributed by atoms with van der Waals surface area (Å²) >= 11 is 2.10. The van der Waals surface area contributed by atoms with Gasteiger partial charge in [-0.2, -0.15) is 11.8 Å². The van der Waals surface area contributed by atoms with E-state index in [1.807, 2.05) is 0 Å². The summed E-state index contributed by atoms with van der Waals surface area (Å²) in [7, 11) is 0. The first-order valence-corrected chi connectivity index (χ1v) is 7.85. The van der Waals surface area contributed by atoms with Crippen LogP contribution in [0.25, 0.3) is 0 Å². The molecule has 0 spiro atoms. The van der Waals surface area contributed by atoms with Crippen molar-refractivity contribution < 1.29 is 9.84 Å². The van der Waals surface area contributed by atoms with Gasteiger partial charge in [0, 0.05) is 42.7 Å². The molecule has 2 saturated heterocycles. The Morgan fingerprint density at radius 3 is 3.06 bits per heavy atom. The molecular formula is C13H25NO2S. The fourth-order valence-corrected chi connectivity index (χ4v) is 4.10. The number of nitrogens with zero attached hydrogens (tertiary/aromatic N) is 1. The molecule has 2 fully saturated rings. The Labute approximate surface area is 109 Å². The van der Waals surface area contributed by atoms with E-state index in [0.717, 1.165) is 37.9 Å². The van der Waals surface area contributed by atoms with Crippen LogP contribution >= 0.6 is 11.8 Å².